The van der Waals surface area contributed by atoms with Crippen molar-refractivity contribution in [2.75, 3.05) is 19.6 Å². The third kappa shape index (κ3) is 3.39. The van der Waals surface area contributed by atoms with Gasteiger partial charge in [0, 0.05) is 31.7 Å². The van der Waals surface area contributed by atoms with Crippen molar-refractivity contribution in [3.8, 4) is 0 Å². The second-order valence-corrected chi connectivity index (χ2v) is 6.71. The molecule has 3 atom stereocenters. The number of hydrogen-bond donors (Lipinski definition) is 1. The number of carbonyl (C=O) groups is 1. The smallest absolute Gasteiger partial charge is 0.410 e. The van der Waals surface area contributed by atoms with E-state index in [2.05, 4.69) is 11.8 Å². The second kappa shape index (κ2) is 5.29. The van der Waals surface area contributed by atoms with Gasteiger partial charge < -0.3 is 14.7 Å². The van der Waals surface area contributed by atoms with E-state index in [0.717, 1.165) is 25.9 Å². The third-order valence-corrected chi connectivity index (χ3v) is 4.01. The Balaban J connectivity index is 2.00. The maximum absolute atomic E-state index is 12.2. The van der Waals surface area contributed by atoms with Gasteiger partial charge in [-0.3, -0.25) is 4.90 Å². The fourth-order valence-electron chi connectivity index (χ4n) is 3.07. The summed E-state index contributed by atoms with van der Waals surface area (Å²) in [5.41, 5.74) is -0.448. The van der Waals surface area contributed by atoms with Crippen molar-refractivity contribution in [2.45, 2.75) is 64.3 Å². The summed E-state index contributed by atoms with van der Waals surface area (Å²) in [6, 6.07) is 0.501. The molecule has 2 fully saturated rings. The maximum atomic E-state index is 12.2. The highest BCUT2D eigenvalue weighted by molar-refractivity contribution is 5.68. The van der Waals surface area contributed by atoms with Crippen LogP contribution in [0.4, 0.5) is 4.79 Å². The molecule has 1 N–H and O–H groups in total. The topological polar surface area (TPSA) is 53.0 Å². The Morgan fingerprint density at radius 1 is 1.26 bits per heavy atom. The highest BCUT2D eigenvalue weighted by atomic mass is 16.6. The van der Waals surface area contributed by atoms with E-state index in [1.165, 1.54) is 0 Å². The molecule has 0 aliphatic carbocycles. The molecule has 5 heteroatoms. The van der Waals surface area contributed by atoms with Gasteiger partial charge in [0.25, 0.3) is 0 Å². The lowest BCUT2D eigenvalue weighted by atomic mass is 9.92. The van der Waals surface area contributed by atoms with Crippen LogP contribution in [0, 0.1) is 0 Å². The van der Waals surface area contributed by atoms with Crippen LogP contribution in [0.2, 0.25) is 0 Å². The first-order chi connectivity index (χ1) is 8.78. The van der Waals surface area contributed by atoms with E-state index in [4.69, 9.17) is 4.74 Å². The Labute approximate surface area is 115 Å². The second-order valence-electron chi connectivity index (χ2n) is 6.71. The number of piperazine rings is 1. The Kier molecular flexibility index (Phi) is 4.06. The summed E-state index contributed by atoms with van der Waals surface area (Å²) >= 11 is 0. The van der Waals surface area contributed by atoms with E-state index in [-0.39, 0.29) is 18.2 Å². The summed E-state index contributed by atoms with van der Waals surface area (Å²) in [5, 5.41) is 9.72. The minimum absolute atomic E-state index is 0.149. The predicted molar refractivity (Wildman–Crippen MR) is 73.0 cm³/mol. The monoisotopic (exact) mass is 270 g/mol. The molecule has 0 saturated carbocycles. The number of aliphatic hydroxyl groups is 1. The van der Waals surface area contributed by atoms with Crippen molar-refractivity contribution in [1.29, 1.82) is 0 Å². The molecule has 1 amide bonds. The van der Waals surface area contributed by atoms with Gasteiger partial charge in [-0.2, -0.15) is 0 Å². The van der Waals surface area contributed by atoms with Gasteiger partial charge in [0.15, 0.2) is 0 Å². The molecule has 2 aliphatic heterocycles. The molecule has 2 saturated heterocycles. The zero-order valence-electron chi connectivity index (χ0n) is 12.4. The minimum Gasteiger partial charge on any atom is -0.444 e. The molecule has 0 aromatic rings. The van der Waals surface area contributed by atoms with Gasteiger partial charge in [-0.1, -0.05) is 0 Å². The van der Waals surface area contributed by atoms with E-state index in [9.17, 15) is 9.90 Å². The molecule has 0 aromatic carbocycles. The molecule has 2 aliphatic rings. The average Bonchev–Trinajstić information content (AvgIpc) is 2.26. The number of piperidine rings is 1. The van der Waals surface area contributed by atoms with E-state index < -0.39 is 5.60 Å². The first-order valence-electron chi connectivity index (χ1n) is 7.19. The Morgan fingerprint density at radius 2 is 1.95 bits per heavy atom. The first kappa shape index (κ1) is 14.6. The van der Waals surface area contributed by atoms with Crippen LogP contribution < -0.4 is 0 Å². The van der Waals surface area contributed by atoms with Gasteiger partial charge >= 0.3 is 6.09 Å². The Morgan fingerprint density at radius 3 is 2.58 bits per heavy atom. The summed E-state index contributed by atoms with van der Waals surface area (Å²) in [7, 11) is 0. The summed E-state index contributed by atoms with van der Waals surface area (Å²) in [4.78, 5) is 16.3. The zero-order valence-corrected chi connectivity index (χ0v) is 12.4. The van der Waals surface area contributed by atoms with E-state index >= 15 is 0 Å². The van der Waals surface area contributed by atoms with Crippen LogP contribution in [0.15, 0.2) is 0 Å². The van der Waals surface area contributed by atoms with Gasteiger partial charge in [0.05, 0.1) is 6.10 Å². The number of carbonyl (C=O) groups excluding carboxylic acids is 1. The normalized spacial score (nSPS) is 32.9. The van der Waals surface area contributed by atoms with Gasteiger partial charge in [0.1, 0.15) is 5.60 Å². The van der Waals surface area contributed by atoms with Crippen molar-refractivity contribution in [1.82, 2.24) is 9.80 Å². The molecule has 110 valence electrons. The fourth-order valence-corrected chi connectivity index (χ4v) is 3.07. The van der Waals surface area contributed by atoms with Gasteiger partial charge in [-0.25, -0.2) is 4.79 Å². The number of nitrogens with zero attached hydrogens (tertiary/aromatic N) is 2. The van der Waals surface area contributed by atoms with Crippen LogP contribution >= 0.6 is 0 Å². The number of hydrogen-bond acceptors (Lipinski definition) is 4. The van der Waals surface area contributed by atoms with Gasteiger partial charge in [-0.15, -0.1) is 0 Å². The standard InChI is InChI=1S/C14H26N2O3/c1-10-12-6-5-11(17)9-15(12)7-8-16(10)13(18)19-14(2,3)4/h10-12,17H,5-9H2,1-4H3/t10?,11-,12+/m1/s1. The highest BCUT2D eigenvalue weighted by Gasteiger charge is 2.40. The van der Waals surface area contributed by atoms with E-state index in [0.29, 0.717) is 12.6 Å². The van der Waals surface area contributed by atoms with Gasteiger partial charge in [0.2, 0.25) is 0 Å². The quantitative estimate of drug-likeness (QED) is 0.724. The highest BCUT2D eigenvalue weighted by Crippen LogP contribution is 2.27. The first-order valence-corrected chi connectivity index (χ1v) is 7.19. The summed E-state index contributed by atoms with van der Waals surface area (Å²) in [6.45, 7) is 9.99. The van der Waals surface area contributed by atoms with Gasteiger partial charge in [-0.05, 0) is 40.5 Å². The molecule has 2 rings (SSSR count). The Bertz CT molecular complexity index is 340. The fraction of sp³-hybridized carbons (Fsp3) is 0.929. The van der Waals surface area contributed by atoms with Crippen molar-refractivity contribution in [3.05, 3.63) is 0 Å². The van der Waals surface area contributed by atoms with Crippen molar-refractivity contribution in [2.24, 2.45) is 0 Å². The molecule has 0 aromatic heterocycles. The van der Waals surface area contributed by atoms with Crippen molar-refractivity contribution in [3.63, 3.8) is 0 Å². The lowest BCUT2D eigenvalue weighted by Gasteiger charge is -2.49. The van der Waals surface area contributed by atoms with Crippen LogP contribution in [0.3, 0.4) is 0 Å². The Hall–Kier alpha value is -0.810. The van der Waals surface area contributed by atoms with Crippen LogP contribution in [-0.4, -0.2) is 64.4 Å². The SMILES string of the molecule is CC1[C@@H]2CC[C@@H](O)CN2CCN1C(=O)OC(C)(C)C. The van der Waals surface area contributed by atoms with Crippen LogP contribution in [0.1, 0.15) is 40.5 Å². The minimum atomic E-state index is -0.448. The molecule has 0 spiro atoms. The number of fused-ring (bicyclic) bond motifs is 1. The number of aliphatic hydroxyl groups excluding tert-OH is 1. The van der Waals surface area contributed by atoms with E-state index in [1.54, 1.807) is 0 Å². The zero-order chi connectivity index (χ0) is 14.2. The molecular weight excluding hydrogens is 244 g/mol. The molecular formula is C14H26N2O3. The van der Waals surface area contributed by atoms with Crippen molar-refractivity contribution >= 4 is 6.09 Å². The molecule has 19 heavy (non-hydrogen) atoms. The van der Waals surface area contributed by atoms with Crippen molar-refractivity contribution < 1.29 is 14.6 Å². The number of amides is 1. The molecule has 0 radical (unpaired) electrons. The predicted octanol–water partition coefficient (Wildman–Crippen LogP) is 1.45. The summed E-state index contributed by atoms with van der Waals surface area (Å²) < 4.78 is 5.47. The largest absolute Gasteiger partial charge is 0.444 e. The molecule has 1 unspecified atom stereocenters. The number of ether oxygens (including phenoxy) is 1. The summed E-state index contributed by atoms with van der Waals surface area (Å²) in [5.74, 6) is 0. The molecule has 0 bridgehead atoms. The third-order valence-electron chi connectivity index (χ3n) is 4.01. The average molecular weight is 270 g/mol. The van der Waals surface area contributed by atoms with Crippen LogP contribution in [0.25, 0.3) is 0 Å². The molecule has 5 nitrogen and oxygen atoms in total. The lowest BCUT2D eigenvalue weighted by molar-refractivity contribution is -0.0464. The summed E-state index contributed by atoms with van der Waals surface area (Å²) in [6.07, 6.45) is 1.34. The lowest BCUT2D eigenvalue weighted by Crippen LogP contribution is -2.63. The van der Waals surface area contributed by atoms with E-state index in [1.807, 2.05) is 25.7 Å². The maximum Gasteiger partial charge on any atom is 0.410 e. The van der Waals surface area contributed by atoms with Crippen LogP contribution in [0.5, 0.6) is 0 Å². The molecule has 2 heterocycles. The van der Waals surface area contributed by atoms with Crippen LogP contribution in [-0.2, 0) is 4.74 Å². The number of rotatable bonds is 0.